The van der Waals surface area contributed by atoms with Gasteiger partial charge in [-0.2, -0.15) is 9.28 Å². The van der Waals surface area contributed by atoms with Gasteiger partial charge in [-0.15, -0.1) is 0 Å². The fourth-order valence-corrected chi connectivity index (χ4v) is 4.63. The molecule has 0 N–H and O–H groups in total. The van der Waals surface area contributed by atoms with Crippen molar-refractivity contribution in [3.63, 3.8) is 0 Å². The summed E-state index contributed by atoms with van der Waals surface area (Å²) in [5, 5.41) is -1.12. The third-order valence-electron chi connectivity index (χ3n) is 4.92. The Labute approximate surface area is 171 Å². The molecule has 6 nitrogen and oxygen atoms in total. The molecular weight excluding hydrogens is 434 g/mol. The van der Waals surface area contributed by atoms with Gasteiger partial charge in [0.15, 0.2) is 10.9 Å². The highest BCUT2D eigenvalue weighted by Gasteiger charge is 2.54. The number of hydrogen-bond acceptors (Lipinski definition) is 6. The van der Waals surface area contributed by atoms with Crippen molar-refractivity contribution in [2.45, 2.75) is 44.4 Å². The summed E-state index contributed by atoms with van der Waals surface area (Å²) in [5.74, 6) is -0.679. The molecule has 2 rings (SSSR count). The fourth-order valence-electron chi connectivity index (χ4n) is 3.49. The summed E-state index contributed by atoms with van der Waals surface area (Å²) in [7, 11) is 1.26. The molecule has 146 valence electrons. The number of carbonyl (C=O) groups excluding carboxylic acids is 4. The maximum absolute atomic E-state index is 13.1. The average Bonchev–Trinajstić information content (AvgIpc) is 3.02. The first kappa shape index (κ1) is 21.8. The molecule has 2 amide bonds. The van der Waals surface area contributed by atoms with Crippen LogP contribution >= 0.6 is 27.7 Å². The van der Waals surface area contributed by atoms with Gasteiger partial charge in [0.1, 0.15) is 6.04 Å². The molecule has 1 aromatic carbocycles. The van der Waals surface area contributed by atoms with E-state index in [1.54, 1.807) is 24.3 Å². The van der Waals surface area contributed by atoms with Crippen molar-refractivity contribution in [3.8, 4) is 0 Å². The zero-order valence-corrected chi connectivity index (χ0v) is 18.0. The van der Waals surface area contributed by atoms with E-state index in [4.69, 9.17) is 4.74 Å². The molecule has 27 heavy (non-hydrogen) atoms. The average molecular weight is 457 g/mol. The molecular formula is C19H23BrNO5S+. The van der Waals surface area contributed by atoms with Gasteiger partial charge in [0.25, 0.3) is 0 Å². The zero-order chi connectivity index (χ0) is 20.2. The highest BCUT2D eigenvalue weighted by molar-refractivity contribution is 9.10. The Balaban J connectivity index is 2.30. The number of carbonyl (C=O) groups is 4. The third-order valence-corrected chi connectivity index (χ3v) is 6.45. The largest absolute Gasteiger partial charge is 0.523 e. The number of hydrogen-bond donors (Lipinski definition) is 0. The molecule has 1 fully saturated rings. The SMILES string of the molecule is COC(=O)[N+]1(C(=O)CC(SC(C)=O)C(=O)c2ccc(Br)cc2)CCC[C@H]1C. The van der Waals surface area contributed by atoms with Gasteiger partial charge >= 0.3 is 12.0 Å². The van der Waals surface area contributed by atoms with E-state index >= 15 is 0 Å². The highest BCUT2D eigenvalue weighted by Crippen LogP contribution is 2.32. The number of imide groups is 1. The van der Waals surface area contributed by atoms with Gasteiger partial charge in [0.05, 0.1) is 25.3 Å². The number of quaternary nitrogens is 1. The summed E-state index contributed by atoms with van der Waals surface area (Å²) >= 11 is 4.15. The number of halogens is 1. The lowest BCUT2D eigenvalue weighted by molar-refractivity contribution is -0.792. The van der Waals surface area contributed by atoms with Gasteiger partial charge in [-0.3, -0.25) is 9.59 Å². The molecule has 8 heteroatoms. The van der Waals surface area contributed by atoms with Crippen LogP contribution in [0.25, 0.3) is 0 Å². The number of methoxy groups -OCH3 is 1. The number of likely N-dealkylation sites (tertiary alicyclic amines) is 1. The van der Waals surface area contributed by atoms with Crippen LogP contribution in [0, 0.1) is 0 Å². The lowest BCUT2D eigenvalue weighted by atomic mass is 10.0. The molecule has 2 unspecified atom stereocenters. The van der Waals surface area contributed by atoms with E-state index in [0.717, 1.165) is 29.1 Å². The second kappa shape index (κ2) is 9.12. The van der Waals surface area contributed by atoms with Crippen LogP contribution in [0.5, 0.6) is 0 Å². The predicted molar refractivity (Wildman–Crippen MR) is 106 cm³/mol. The van der Waals surface area contributed by atoms with Crippen LogP contribution in [-0.2, 0) is 14.3 Å². The number of nitrogens with zero attached hydrogens (tertiary/aromatic N) is 1. The monoisotopic (exact) mass is 456 g/mol. The first-order valence-corrected chi connectivity index (χ1v) is 10.4. The van der Waals surface area contributed by atoms with Crippen molar-refractivity contribution < 1.29 is 28.4 Å². The Morgan fingerprint density at radius 2 is 1.89 bits per heavy atom. The number of Topliss-reactive ketones (excluding diaryl/α,β-unsaturated/α-hetero) is 1. The number of ether oxygens (including phenoxy) is 1. The summed E-state index contributed by atoms with van der Waals surface area (Å²) in [4.78, 5) is 50.2. The van der Waals surface area contributed by atoms with Gasteiger partial charge in [-0.05, 0) is 19.1 Å². The molecule has 0 aliphatic carbocycles. The first-order chi connectivity index (χ1) is 12.7. The van der Waals surface area contributed by atoms with Crippen LogP contribution in [0.3, 0.4) is 0 Å². The van der Waals surface area contributed by atoms with Crippen LogP contribution in [-0.4, -0.2) is 52.3 Å². The summed E-state index contributed by atoms with van der Waals surface area (Å²) in [6.07, 6.45) is 0.658. The Morgan fingerprint density at radius 3 is 2.37 bits per heavy atom. The van der Waals surface area contributed by atoms with Crippen LogP contribution in [0.1, 0.15) is 43.5 Å². The minimum absolute atomic E-state index is 0.196. The van der Waals surface area contributed by atoms with E-state index in [9.17, 15) is 19.2 Å². The zero-order valence-electron chi connectivity index (χ0n) is 15.6. The summed E-state index contributed by atoms with van der Waals surface area (Å²) in [6.45, 7) is 3.56. The molecule has 1 aliphatic rings. The molecule has 3 atom stereocenters. The molecule has 0 bridgehead atoms. The second-order valence-electron chi connectivity index (χ2n) is 6.62. The van der Waals surface area contributed by atoms with E-state index in [-0.39, 0.29) is 29.3 Å². The molecule has 0 saturated carbocycles. The van der Waals surface area contributed by atoms with Crippen molar-refractivity contribution in [2.24, 2.45) is 0 Å². The topological polar surface area (TPSA) is 77.5 Å². The van der Waals surface area contributed by atoms with Crippen molar-refractivity contribution >= 4 is 50.6 Å². The number of ketones is 1. The summed E-state index contributed by atoms with van der Waals surface area (Å²) in [6, 6.07) is 6.54. The van der Waals surface area contributed by atoms with E-state index < -0.39 is 15.8 Å². The van der Waals surface area contributed by atoms with Crippen LogP contribution in [0.4, 0.5) is 4.79 Å². The standard InChI is InChI=1S/C19H23BrNO5S/c1-12-5-4-10-21(12,19(25)26-3)17(23)11-16(27-13(2)22)18(24)14-6-8-15(20)9-7-14/h6-9,12,16H,4-5,10-11H2,1-3H3/q+1/t12-,16?,21?/m1/s1. The maximum atomic E-state index is 13.1. The molecule has 1 saturated heterocycles. The minimum Gasteiger partial charge on any atom is -0.423 e. The molecule has 1 aromatic rings. The third kappa shape index (κ3) is 4.67. The van der Waals surface area contributed by atoms with Crippen molar-refractivity contribution in [2.75, 3.05) is 13.7 Å². The van der Waals surface area contributed by atoms with Gasteiger partial charge in [0.2, 0.25) is 0 Å². The van der Waals surface area contributed by atoms with E-state index in [1.165, 1.54) is 14.0 Å². The van der Waals surface area contributed by atoms with Crippen molar-refractivity contribution in [1.29, 1.82) is 0 Å². The minimum atomic E-state index is -0.872. The predicted octanol–water partition coefficient (Wildman–Crippen LogP) is 3.96. The van der Waals surface area contributed by atoms with E-state index in [1.807, 2.05) is 6.92 Å². The number of thioether (sulfide) groups is 1. The van der Waals surface area contributed by atoms with E-state index in [2.05, 4.69) is 15.9 Å². The lowest BCUT2D eigenvalue weighted by Crippen LogP contribution is -2.59. The van der Waals surface area contributed by atoms with Crippen molar-refractivity contribution in [3.05, 3.63) is 34.3 Å². The van der Waals surface area contributed by atoms with Crippen LogP contribution in [0.15, 0.2) is 28.7 Å². The van der Waals surface area contributed by atoms with Crippen LogP contribution < -0.4 is 0 Å². The van der Waals surface area contributed by atoms with Gasteiger partial charge in [-0.25, -0.2) is 4.79 Å². The molecule has 0 radical (unpaired) electrons. The Hall–Kier alpha value is -1.51. The van der Waals surface area contributed by atoms with Crippen LogP contribution in [0.2, 0.25) is 0 Å². The molecule has 0 aromatic heterocycles. The Bertz CT molecular complexity index is 751. The smallest absolute Gasteiger partial charge is 0.423 e. The van der Waals surface area contributed by atoms with Gasteiger partial charge in [0, 0.05) is 29.8 Å². The van der Waals surface area contributed by atoms with Crippen molar-refractivity contribution in [1.82, 2.24) is 0 Å². The highest BCUT2D eigenvalue weighted by atomic mass is 79.9. The lowest BCUT2D eigenvalue weighted by Gasteiger charge is -2.31. The van der Waals surface area contributed by atoms with E-state index in [0.29, 0.717) is 12.1 Å². The quantitative estimate of drug-likeness (QED) is 0.492. The summed E-state index contributed by atoms with van der Waals surface area (Å²) in [5.41, 5.74) is 0.420. The molecule has 1 aliphatic heterocycles. The normalized spacial score (nSPS) is 22.9. The van der Waals surface area contributed by atoms with Gasteiger partial charge < -0.3 is 4.74 Å². The maximum Gasteiger partial charge on any atom is 0.523 e. The first-order valence-electron chi connectivity index (χ1n) is 8.69. The Morgan fingerprint density at radius 1 is 1.26 bits per heavy atom. The number of rotatable bonds is 5. The Kier molecular flexibility index (Phi) is 7.36. The fraction of sp³-hybridized carbons (Fsp3) is 0.474. The summed E-state index contributed by atoms with van der Waals surface area (Å²) < 4.78 is 5.31. The number of amides is 2. The second-order valence-corrected chi connectivity index (χ2v) is 8.92. The van der Waals surface area contributed by atoms with Gasteiger partial charge in [-0.1, -0.05) is 39.8 Å². The molecule has 1 heterocycles. The number of benzene rings is 1. The molecule has 0 spiro atoms.